The van der Waals surface area contributed by atoms with Gasteiger partial charge >= 0.3 is 0 Å². The normalized spacial score (nSPS) is 13.6. The molecule has 1 amide bonds. The average Bonchev–Trinajstić information content (AvgIpc) is 3.62. The van der Waals surface area contributed by atoms with E-state index in [9.17, 15) is 4.79 Å². The standard InChI is InChI=1S/C29H30N4O2/c34-29(28-20-27(31-32-28)23-8-2-1-3-9-23)33(25-11-4-5-12-25)21-22-13-15-26(16-14-22)35-19-17-24-10-6-7-18-30-24/h1-3,6-10,13-16,18,20,25H,4-5,11-12,17,19,21H2,(H,31,32). The minimum atomic E-state index is 0.00210. The molecule has 1 aliphatic carbocycles. The van der Waals surface area contributed by atoms with Crippen molar-refractivity contribution in [1.29, 1.82) is 0 Å². The summed E-state index contributed by atoms with van der Waals surface area (Å²) in [7, 11) is 0. The third kappa shape index (κ3) is 5.77. The summed E-state index contributed by atoms with van der Waals surface area (Å²) in [6, 6.07) is 26.0. The van der Waals surface area contributed by atoms with Crippen LogP contribution < -0.4 is 4.74 Å². The summed E-state index contributed by atoms with van der Waals surface area (Å²) in [6.45, 7) is 1.14. The Morgan fingerprint density at radius 1 is 0.971 bits per heavy atom. The number of carbonyl (C=O) groups excluding carboxylic acids is 1. The zero-order valence-electron chi connectivity index (χ0n) is 19.8. The molecule has 0 saturated heterocycles. The van der Waals surface area contributed by atoms with Gasteiger partial charge in [-0.2, -0.15) is 5.10 Å². The van der Waals surface area contributed by atoms with E-state index in [1.165, 1.54) is 0 Å². The molecule has 0 aliphatic heterocycles. The highest BCUT2D eigenvalue weighted by atomic mass is 16.5. The summed E-state index contributed by atoms with van der Waals surface area (Å²) < 4.78 is 5.90. The first-order valence-corrected chi connectivity index (χ1v) is 12.3. The van der Waals surface area contributed by atoms with E-state index in [4.69, 9.17) is 4.74 Å². The molecule has 1 aliphatic rings. The van der Waals surface area contributed by atoms with Gasteiger partial charge in [0.25, 0.3) is 5.91 Å². The number of rotatable bonds is 9. The molecule has 0 atom stereocenters. The van der Waals surface area contributed by atoms with Crippen molar-refractivity contribution in [2.75, 3.05) is 6.61 Å². The molecule has 0 spiro atoms. The van der Waals surface area contributed by atoms with Crippen molar-refractivity contribution in [3.63, 3.8) is 0 Å². The van der Waals surface area contributed by atoms with E-state index in [-0.39, 0.29) is 11.9 Å². The monoisotopic (exact) mass is 466 g/mol. The first-order chi connectivity index (χ1) is 17.3. The number of aromatic amines is 1. The third-order valence-electron chi connectivity index (χ3n) is 6.53. The first kappa shape index (κ1) is 22.8. The summed E-state index contributed by atoms with van der Waals surface area (Å²) in [5.41, 5.74) is 4.42. The Morgan fingerprint density at radius 2 is 1.74 bits per heavy atom. The summed E-state index contributed by atoms with van der Waals surface area (Å²) in [5, 5.41) is 7.37. The lowest BCUT2D eigenvalue weighted by Gasteiger charge is -2.28. The molecule has 0 bridgehead atoms. The second-order valence-electron chi connectivity index (χ2n) is 8.97. The lowest BCUT2D eigenvalue weighted by molar-refractivity contribution is 0.0658. The molecular weight excluding hydrogens is 436 g/mol. The molecule has 0 radical (unpaired) electrons. The second-order valence-corrected chi connectivity index (χ2v) is 8.97. The lowest BCUT2D eigenvalue weighted by Crippen LogP contribution is -2.38. The van der Waals surface area contributed by atoms with Gasteiger partial charge in [0, 0.05) is 36.5 Å². The predicted molar refractivity (Wildman–Crippen MR) is 136 cm³/mol. The molecule has 0 unspecified atom stereocenters. The van der Waals surface area contributed by atoms with Crippen molar-refractivity contribution in [3.8, 4) is 17.0 Å². The maximum Gasteiger partial charge on any atom is 0.272 e. The van der Waals surface area contributed by atoms with Crippen LogP contribution in [0.5, 0.6) is 5.75 Å². The summed E-state index contributed by atoms with van der Waals surface area (Å²) >= 11 is 0. The Balaban J connectivity index is 1.25. The molecule has 35 heavy (non-hydrogen) atoms. The summed E-state index contributed by atoms with van der Waals surface area (Å²) in [4.78, 5) is 19.9. The van der Waals surface area contributed by atoms with Crippen LogP contribution in [0.1, 0.15) is 47.4 Å². The number of H-pyrrole nitrogens is 1. The largest absolute Gasteiger partial charge is 0.493 e. The van der Waals surface area contributed by atoms with Crippen LogP contribution in [0, 0.1) is 0 Å². The van der Waals surface area contributed by atoms with E-state index in [0.29, 0.717) is 18.8 Å². The van der Waals surface area contributed by atoms with E-state index in [1.807, 2.05) is 83.8 Å². The Hall–Kier alpha value is -3.93. The van der Waals surface area contributed by atoms with Crippen molar-refractivity contribution >= 4 is 5.91 Å². The number of benzene rings is 2. The summed E-state index contributed by atoms with van der Waals surface area (Å²) in [6.07, 6.45) is 6.97. The van der Waals surface area contributed by atoms with Gasteiger partial charge in [-0.15, -0.1) is 0 Å². The number of hydrogen-bond donors (Lipinski definition) is 1. The minimum Gasteiger partial charge on any atom is -0.493 e. The van der Waals surface area contributed by atoms with Gasteiger partial charge in [0.05, 0.1) is 12.3 Å². The van der Waals surface area contributed by atoms with Crippen molar-refractivity contribution < 1.29 is 9.53 Å². The van der Waals surface area contributed by atoms with Crippen LogP contribution in [-0.4, -0.2) is 38.6 Å². The van der Waals surface area contributed by atoms with Crippen molar-refractivity contribution in [2.45, 2.75) is 44.7 Å². The highest BCUT2D eigenvalue weighted by molar-refractivity contribution is 5.93. The van der Waals surface area contributed by atoms with Crippen LogP contribution >= 0.6 is 0 Å². The number of pyridine rings is 1. The van der Waals surface area contributed by atoms with E-state index in [0.717, 1.165) is 60.4 Å². The number of ether oxygens (including phenoxy) is 1. The lowest BCUT2D eigenvalue weighted by atomic mass is 10.1. The van der Waals surface area contributed by atoms with Crippen LogP contribution in [0.15, 0.2) is 85.1 Å². The van der Waals surface area contributed by atoms with Crippen LogP contribution in [-0.2, 0) is 13.0 Å². The van der Waals surface area contributed by atoms with E-state index in [1.54, 1.807) is 6.20 Å². The molecule has 2 aromatic carbocycles. The molecule has 1 fully saturated rings. The predicted octanol–water partition coefficient (Wildman–Crippen LogP) is 5.68. The molecule has 1 saturated carbocycles. The Bertz CT molecular complexity index is 1220. The fourth-order valence-electron chi connectivity index (χ4n) is 4.63. The van der Waals surface area contributed by atoms with Gasteiger partial charge in [0.15, 0.2) is 0 Å². The van der Waals surface area contributed by atoms with Gasteiger partial charge in [-0.05, 0) is 48.7 Å². The maximum absolute atomic E-state index is 13.5. The number of nitrogens with one attached hydrogen (secondary N) is 1. The fraction of sp³-hybridized carbons (Fsp3) is 0.276. The van der Waals surface area contributed by atoms with Gasteiger partial charge in [-0.3, -0.25) is 14.9 Å². The third-order valence-corrected chi connectivity index (χ3v) is 6.53. The number of aromatic nitrogens is 3. The molecule has 6 nitrogen and oxygen atoms in total. The van der Waals surface area contributed by atoms with Gasteiger partial charge in [-0.25, -0.2) is 0 Å². The number of hydrogen-bond acceptors (Lipinski definition) is 4. The molecule has 6 heteroatoms. The molecule has 5 rings (SSSR count). The van der Waals surface area contributed by atoms with Gasteiger partial charge in [0.1, 0.15) is 11.4 Å². The minimum absolute atomic E-state index is 0.00210. The number of amides is 1. The number of carbonyl (C=O) groups is 1. The first-order valence-electron chi connectivity index (χ1n) is 12.3. The fourth-order valence-corrected chi connectivity index (χ4v) is 4.63. The highest BCUT2D eigenvalue weighted by Gasteiger charge is 2.28. The van der Waals surface area contributed by atoms with Crippen molar-refractivity contribution in [3.05, 3.63) is 102 Å². The SMILES string of the molecule is O=C(c1cc(-c2ccccc2)n[nH]1)N(Cc1ccc(OCCc2ccccn2)cc1)C1CCCC1. The van der Waals surface area contributed by atoms with Crippen LogP contribution in [0.3, 0.4) is 0 Å². The van der Waals surface area contributed by atoms with E-state index >= 15 is 0 Å². The van der Waals surface area contributed by atoms with Crippen molar-refractivity contribution in [1.82, 2.24) is 20.1 Å². The highest BCUT2D eigenvalue weighted by Crippen LogP contribution is 2.27. The van der Waals surface area contributed by atoms with Crippen molar-refractivity contribution in [2.24, 2.45) is 0 Å². The average molecular weight is 467 g/mol. The zero-order valence-corrected chi connectivity index (χ0v) is 19.8. The van der Waals surface area contributed by atoms with Crippen LogP contribution in [0.4, 0.5) is 0 Å². The molecule has 178 valence electrons. The molecule has 4 aromatic rings. The van der Waals surface area contributed by atoms with Crippen LogP contribution in [0.25, 0.3) is 11.3 Å². The molecule has 1 N–H and O–H groups in total. The molecular formula is C29H30N4O2. The van der Waals surface area contributed by atoms with Gasteiger partial charge < -0.3 is 9.64 Å². The zero-order chi connectivity index (χ0) is 23.9. The quantitative estimate of drug-likeness (QED) is 0.345. The molecule has 2 aromatic heterocycles. The van der Waals surface area contributed by atoms with Gasteiger partial charge in [0.2, 0.25) is 0 Å². The Labute approximate surface area is 206 Å². The maximum atomic E-state index is 13.5. The Morgan fingerprint density at radius 3 is 2.49 bits per heavy atom. The topological polar surface area (TPSA) is 71.1 Å². The second kappa shape index (κ2) is 11.0. The number of nitrogens with zero attached hydrogens (tertiary/aromatic N) is 3. The molecule has 2 heterocycles. The smallest absolute Gasteiger partial charge is 0.272 e. The Kier molecular flexibility index (Phi) is 7.18. The summed E-state index contributed by atoms with van der Waals surface area (Å²) in [5.74, 6) is 0.826. The van der Waals surface area contributed by atoms with E-state index in [2.05, 4.69) is 15.2 Å². The van der Waals surface area contributed by atoms with Crippen LogP contribution in [0.2, 0.25) is 0 Å². The van der Waals surface area contributed by atoms with Gasteiger partial charge in [-0.1, -0.05) is 61.4 Å². The van der Waals surface area contributed by atoms with E-state index < -0.39 is 0 Å².